The Labute approximate surface area is 171 Å². The number of hydrogen-bond donors (Lipinski definition) is 2. The van der Waals surface area contributed by atoms with Crippen LogP contribution in [0, 0.1) is 0 Å². The van der Waals surface area contributed by atoms with E-state index in [2.05, 4.69) is 31.6 Å². The number of phenolic OH excluding ortho intramolecular Hbond substituents is 1. The molecule has 0 atom stereocenters. The molecular formula is C20H31N3O2S2. The molecule has 2 aliphatic heterocycles. The van der Waals surface area contributed by atoms with E-state index in [1.807, 2.05) is 45.0 Å². The molecule has 0 radical (unpaired) electrons. The maximum absolute atomic E-state index is 9.31. The van der Waals surface area contributed by atoms with Gasteiger partial charge in [-0.3, -0.25) is 0 Å². The average Bonchev–Trinajstić information content (AvgIpc) is 3.17. The van der Waals surface area contributed by atoms with Gasteiger partial charge in [0.15, 0.2) is 0 Å². The molecule has 0 unspecified atom stereocenters. The smallest absolute Gasteiger partial charge is 0.115 e. The molecule has 0 bridgehead atoms. The summed E-state index contributed by atoms with van der Waals surface area (Å²) in [5.74, 6) is 0.329. The lowest BCUT2D eigenvalue weighted by Crippen LogP contribution is -2.47. The van der Waals surface area contributed by atoms with E-state index < -0.39 is 0 Å². The number of aliphatic hydroxyl groups excluding tert-OH is 1. The monoisotopic (exact) mass is 409 g/mol. The normalized spacial score (nSPS) is 18.0. The van der Waals surface area contributed by atoms with E-state index in [1.54, 1.807) is 23.5 Å². The molecule has 2 saturated heterocycles. The maximum Gasteiger partial charge on any atom is 0.115 e. The summed E-state index contributed by atoms with van der Waals surface area (Å²) in [6.45, 7) is 9.90. The van der Waals surface area contributed by atoms with Crippen molar-refractivity contribution in [2.24, 2.45) is 0 Å². The zero-order valence-corrected chi connectivity index (χ0v) is 18.0. The summed E-state index contributed by atoms with van der Waals surface area (Å²) in [6, 6.07) is 11.7. The highest BCUT2D eigenvalue weighted by Gasteiger charge is 2.19. The molecule has 1 aromatic carbocycles. The van der Waals surface area contributed by atoms with Crippen LogP contribution >= 0.6 is 23.3 Å². The van der Waals surface area contributed by atoms with E-state index in [1.165, 1.54) is 9.90 Å². The Balaban J connectivity index is 0.000000275. The van der Waals surface area contributed by atoms with Crippen LogP contribution in [0.2, 0.25) is 0 Å². The largest absolute Gasteiger partial charge is 0.508 e. The Morgan fingerprint density at radius 2 is 1.63 bits per heavy atom. The van der Waals surface area contributed by atoms with E-state index >= 15 is 0 Å². The van der Waals surface area contributed by atoms with Crippen LogP contribution in [0.4, 0.5) is 5.69 Å². The minimum atomic E-state index is -0.0324. The van der Waals surface area contributed by atoms with Crippen LogP contribution < -0.4 is 4.90 Å². The molecule has 4 rings (SSSR count). The molecule has 0 saturated carbocycles. The van der Waals surface area contributed by atoms with Crippen molar-refractivity contribution in [3.05, 3.63) is 41.8 Å². The molecule has 5 nitrogen and oxygen atoms in total. The number of thiophene rings is 1. The third-order valence-electron chi connectivity index (χ3n) is 4.21. The highest BCUT2D eigenvalue weighted by Crippen LogP contribution is 2.29. The number of phenols is 1. The van der Waals surface area contributed by atoms with Gasteiger partial charge in [-0.2, -0.15) is 0 Å². The summed E-state index contributed by atoms with van der Waals surface area (Å²) in [7, 11) is 1.99. The summed E-state index contributed by atoms with van der Waals surface area (Å²) in [6.07, 6.45) is -0.0324. The fraction of sp³-hybridized carbons (Fsp3) is 0.500. The van der Waals surface area contributed by atoms with Crippen molar-refractivity contribution >= 4 is 29.0 Å². The van der Waals surface area contributed by atoms with Gasteiger partial charge in [-0.1, -0.05) is 19.9 Å². The van der Waals surface area contributed by atoms with Crippen LogP contribution in [0.5, 0.6) is 5.75 Å². The zero-order valence-electron chi connectivity index (χ0n) is 16.4. The average molecular weight is 410 g/mol. The van der Waals surface area contributed by atoms with Crippen molar-refractivity contribution in [1.29, 1.82) is 0 Å². The molecule has 7 heteroatoms. The fourth-order valence-corrected chi connectivity index (χ4v) is 4.65. The van der Waals surface area contributed by atoms with Gasteiger partial charge >= 0.3 is 0 Å². The number of anilines is 1. The van der Waals surface area contributed by atoms with Crippen molar-refractivity contribution in [2.75, 3.05) is 51.2 Å². The first-order valence-electron chi connectivity index (χ1n) is 9.47. The van der Waals surface area contributed by atoms with Gasteiger partial charge in [0.2, 0.25) is 0 Å². The highest BCUT2D eigenvalue weighted by molar-refractivity contribution is 7.98. The Morgan fingerprint density at radius 1 is 1.00 bits per heavy atom. The number of hydrogen-bond acceptors (Lipinski definition) is 7. The van der Waals surface area contributed by atoms with E-state index in [0.717, 1.165) is 39.3 Å². The van der Waals surface area contributed by atoms with Crippen molar-refractivity contribution < 1.29 is 10.2 Å². The molecule has 2 N–H and O–H groups in total. The zero-order chi connectivity index (χ0) is 19.6. The number of aliphatic hydroxyl groups is 1. The standard InChI is InChI=1S/C14H16N2OS2.C4H9NO.C2H6/c17-13-5-3-12(4-6-13)15-7-9-16(10-8-15)19-14-2-1-11-18-14;1-5-2-4(6)3-5;1-2/h1-6,11,17H,7-10H2;4,6H,2-3H2,1H3;1-2H3. The lowest BCUT2D eigenvalue weighted by molar-refractivity contribution is 0.0196. The van der Waals surface area contributed by atoms with Gasteiger partial charge < -0.3 is 20.0 Å². The van der Waals surface area contributed by atoms with Crippen molar-refractivity contribution in [1.82, 2.24) is 9.21 Å². The van der Waals surface area contributed by atoms with Gasteiger partial charge in [-0.25, -0.2) is 4.31 Å². The van der Waals surface area contributed by atoms with Gasteiger partial charge in [0.25, 0.3) is 0 Å². The molecule has 2 fully saturated rings. The van der Waals surface area contributed by atoms with E-state index in [9.17, 15) is 5.11 Å². The van der Waals surface area contributed by atoms with E-state index in [0.29, 0.717) is 5.75 Å². The number of benzene rings is 1. The second kappa shape index (κ2) is 11.6. The van der Waals surface area contributed by atoms with Gasteiger partial charge in [0, 0.05) is 45.0 Å². The molecular weight excluding hydrogens is 378 g/mol. The molecule has 3 heterocycles. The van der Waals surface area contributed by atoms with Crippen molar-refractivity contribution in [2.45, 2.75) is 24.2 Å². The molecule has 2 aliphatic rings. The topological polar surface area (TPSA) is 50.2 Å². The first-order chi connectivity index (χ1) is 13.1. The molecule has 1 aromatic heterocycles. The molecule has 27 heavy (non-hydrogen) atoms. The Kier molecular flexibility index (Phi) is 9.44. The Hall–Kier alpha value is -1.25. The lowest BCUT2D eigenvalue weighted by atomic mass is 10.2. The summed E-state index contributed by atoms with van der Waals surface area (Å²) >= 11 is 3.65. The summed E-state index contributed by atoms with van der Waals surface area (Å²) < 4.78 is 3.78. The molecule has 0 amide bonds. The summed E-state index contributed by atoms with van der Waals surface area (Å²) in [5, 5.41) is 20.0. The second-order valence-corrected chi connectivity index (χ2v) is 8.68. The number of aromatic hydroxyl groups is 1. The number of likely N-dealkylation sites (tertiary alicyclic amines) is 1. The third kappa shape index (κ3) is 7.35. The Morgan fingerprint density at radius 3 is 2.07 bits per heavy atom. The first-order valence-corrected chi connectivity index (χ1v) is 11.1. The van der Waals surface area contributed by atoms with Crippen molar-refractivity contribution in [3.63, 3.8) is 0 Å². The van der Waals surface area contributed by atoms with Gasteiger partial charge in [-0.15, -0.1) is 11.3 Å². The van der Waals surface area contributed by atoms with Crippen LogP contribution in [0.25, 0.3) is 0 Å². The van der Waals surface area contributed by atoms with Crippen LogP contribution in [0.1, 0.15) is 13.8 Å². The highest BCUT2D eigenvalue weighted by atomic mass is 32.2. The van der Waals surface area contributed by atoms with Crippen LogP contribution in [-0.2, 0) is 0 Å². The SMILES string of the molecule is CC.CN1CC(O)C1.Oc1ccc(N2CCN(Sc3cccs3)CC2)cc1. The third-order valence-corrected chi connectivity index (χ3v) is 6.33. The van der Waals surface area contributed by atoms with Crippen LogP contribution in [-0.4, -0.2) is 71.8 Å². The Bertz CT molecular complexity index is 617. The molecule has 150 valence electrons. The predicted octanol–water partition coefficient (Wildman–Crippen LogP) is 3.60. The molecule has 2 aromatic rings. The summed E-state index contributed by atoms with van der Waals surface area (Å²) in [5.41, 5.74) is 1.19. The van der Waals surface area contributed by atoms with Gasteiger partial charge in [-0.05, 0) is 54.7 Å². The molecule has 0 aliphatic carbocycles. The number of nitrogens with zero attached hydrogens (tertiary/aromatic N) is 3. The minimum Gasteiger partial charge on any atom is -0.508 e. The second-order valence-electron chi connectivity index (χ2n) is 6.33. The number of likely N-dealkylation sites (N-methyl/N-ethyl adjacent to an activating group) is 1. The fourth-order valence-electron chi connectivity index (χ4n) is 2.81. The van der Waals surface area contributed by atoms with E-state index in [-0.39, 0.29) is 6.10 Å². The van der Waals surface area contributed by atoms with E-state index in [4.69, 9.17) is 5.11 Å². The van der Waals surface area contributed by atoms with Gasteiger partial charge in [0.1, 0.15) is 5.75 Å². The van der Waals surface area contributed by atoms with Crippen molar-refractivity contribution in [3.8, 4) is 5.75 Å². The molecule has 0 spiro atoms. The van der Waals surface area contributed by atoms with Crippen LogP contribution in [0.15, 0.2) is 46.0 Å². The predicted molar refractivity (Wildman–Crippen MR) is 117 cm³/mol. The van der Waals surface area contributed by atoms with Gasteiger partial charge in [0.05, 0.1) is 10.3 Å². The number of rotatable bonds is 3. The number of piperazine rings is 1. The minimum absolute atomic E-state index is 0.0324. The maximum atomic E-state index is 9.31. The number of β-amino-alcohol motifs (C(OH)–C–C–N with tert-alkyl or cyclic N) is 1. The summed E-state index contributed by atoms with van der Waals surface area (Å²) in [4.78, 5) is 4.44. The van der Waals surface area contributed by atoms with Crippen LogP contribution in [0.3, 0.4) is 0 Å². The quantitative estimate of drug-likeness (QED) is 0.756. The lowest BCUT2D eigenvalue weighted by Gasteiger charge is -2.35. The first kappa shape index (κ1) is 22.0.